The monoisotopic (exact) mass is 366 g/mol. The van der Waals surface area contributed by atoms with E-state index in [1.54, 1.807) is 6.33 Å². The van der Waals surface area contributed by atoms with Crippen molar-refractivity contribution in [2.24, 2.45) is 0 Å². The van der Waals surface area contributed by atoms with Crippen LogP contribution in [-0.2, 0) is 9.53 Å². The summed E-state index contributed by atoms with van der Waals surface area (Å²) < 4.78 is 11.6. The minimum absolute atomic E-state index is 0.154. The van der Waals surface area contributed by atoms with Gasteiger partial charge < -0.3 is 9.47 Å². The van der Waals surface area contributed by atoms with Crippen LogP contribution in [0.3, 0.4) is 0 Å². The van der Waals surface area contributed by atoms with E-state index < -0.39 is 0 Å². The molecule has 22 heavy (non-hydrogen) atoms. The van der Waals surface area contributed by atoms with Gasteiger partial charge in [-0.3, -0.25) is 4.79 Å². The maximum Gasteiger partial charge on any atom is 0.305 e. The van der Waals surface area contributed by atoms with Gasteiger partial charge >= 0.3 is 5.97 Å². The van der Waals surface area contributed by atoms with Crippen LogP contribution in [0.15, 0.2) is 22.9 Å². The van der Waals surface area contributed by atoms with Crippen molar-refractivity contribution in [3.8, 4) is 5.75 Å². The zero-order chi connectivity index (χ0) is 15.9. The van der Waals surface area contributed by atoms with Crippen molar-refractivity contribution in [1.82, 2.24) is 9.97 Å². The van der Waals surface area contributed by atoms with Gasteiger partial charge in [-0.15, -0.1) is 0 Å². The topological polar surface area (TPSA) is 61.3 Å². The van der Waals surface area contributed by atoms with E-state index >= 15 is 0 Å². The average molecular weight is 367 g/mol. The predicted molar refractivity (Wildman–Crippen MR) is 88.0 cm³/mol. The van der Waals surface area contributed by atoms with Gasteiger partial charge in [0.2, 0.25) is 0 Å². The lowest BCUT2D eigenvalue weighted by Crippen LogP contribution is -2.05. The first-order chi connectivity index (χ1) is 10.6. The first-order valence-corrected chi connectivity index (χ1v) is 8.10. The van der Waals surface area contributed by atoms with Gasteiger partial charge in [-0.05, 0) is 38.8 Å². The second-order valence-electron chi connectivity index (χ2n) is 4.87. The summed E-state index contributed by atoms with van der Waals surface area (Å²) in [4.78, 5) is 19.7. The molecule has 0 radical (unpaired) electrons. The van der Waals surface area contributed by atoms with Crippen molar-refractivity contribution in [3.63, 3.8) is 0 Å². The highest BCUT2D eigenvalue weighted by atomic mass is 79.9. The fraction of sp³-hybridized carbons (Fsp3) is 0.438. The largest absolute Gasteiger partial charge is 0.491 e. The van der Waals surface area contributed by atoms with Gasteiger partial charge in [-0.25, -0.2) is 9.97 Å². The van der Waals surface area contributed by atoms with Crippen LogP contribution in [0.2, 0.25) is 0 Å². The smallest absolute Gasteiger partial charge is 0.305 e. The lowest BCUT2D eigenvalue weighted by molar-refractivity contribution is -0.143. The van der Waals surface area contributed by atoms with Gasteiger partial charge in [0.05, 0.1) is 13.2 Å². The Bertz CT molecular complexity index is 661. The number of nitrogens with zero attached hydrogens (tertiary/aromatic N) is 2. The summed E-state index contributed by atoms with van der Waals surface area (Å²) in [6.07, 6.45) is 3.51. The molecule has 2 rings (SSSR count). The summed E-state index contributed by atoms with van der Waals surface area (Å²) in [5, 5.41) is 0.971. The van der Waals surface area contributed by atoms with Crippen LogP contribution >= 0.6 is 15.9 Å². The Morgan fingerprint density at radius 2 is 2.09 bits per heavy atom. The number of unbranched alkanes of at least 4 members (excludes halogenated alkanes) is 1. The van der Waals surface area contributed by atoms with Crippen molar-refractivity contribution in [3.05, 3.63) is 28.6 Å². The molecular formula is C16H19BrN2O3. The van der Waals surface area contributed by atoms with E-state index in [9.17, 15) is 4.79 Å². The van der Waals surface area contributed by atoms with E-state index in [-0.39, 0.29) is 5.97 Å². The molecule has 0 atom stereocenters. The third-order valence-electron chi connectivity index (χ3n) is 3.21. The molecule has 118 valence electrons. The molecule has 0 aliphatic rings. The van der Waals surface area contributed by atoms with Gasteiger partial charge in [-0.1, -0.05) is 15.9 Å². The SMILES string of the molecule is CCOC(=O)CCCCOc1cc(Br)cc2c(C)ncnc12. The van der Waals surface area contributed by atoms with Crippen LogP contribution in [0.25, 0.3) is 10.9 Å². The molecule has 0 aliphatic carbocycles. The van der Waals surface area contributed by atoms with Gasteiger partial charge in [0, 0.05) is 22.0 Å². The van der Waals surface area contributed by atoms with Gasteiger partial charge in [0.15, 0.2) is 0 Å². The number of halogens is 1. The van der Waals surface area contributed by atoms with Crippen molar-refractivity contribution in [2.45, 2.75) is 33.1 Å². The Kier molecular flexibility index (Phi) is 6.12. The molecule has 0 spiro atoms. The molecule has 2 aromatic rings. The molecule has 0 saturated heterocycles. The number of carbonyl (C=O) groups is 1. The Hall–Kier alpha value is -1.69. The Morgan fingerprint density at radius 1 is 1.27 bits per heavy atom. The van der Waals surface area contributed by atoms with E-state index in [4.69, 9.17) is 9.47 Å². The molecule has 0 amide bonds. The van der Waals surface area contributed by atoms with E-state index in [2.05, 4.69) is 25.9 Å². The van der Waals surface area contributed by atoms with Crippen LogP contribution < -0.4 is 4.74 Å². The normalized spacial score (nSPS) is 10.7. The number of hydrogen-bond acceptors (Lipinski definition) is 5. The third-order valence-corrected chi connectivity index (χ3v) is 3.66. The number of aryl methyl sites for hydroxylation is 1. The van der Waals surface area contributed by atoms with Crippen LogP contribution in [-0.4, -0.2) is 29.2 Å². The number of ether oxygens (including phenoxy) is 2. The zero-order valence-electron chi connectivity index (χ0n) is 12.8. The maximum absolute atomic E-state index is 11.2. The van der Waals surface area contributed by atoms with Crippen molar-refractivity contribution in [1.29, 1.82) is 0 Å². The van der Waals surface area contributed by atoms with Crippen molar-refractivity contribution in [2.75, 3.05) is 13.2 Å². The minimum atomic E-state index is -0.154. The molecule has 0 aliphatic heterocycles. The number of esters is 1. The van der Waals surface area contributed by atoms with E-state index in [1.165, 1.54) is 0 Å². The lowest BCUT2D eigenvalue weighted by atomic mass is 10.2. The molecule has 1 heterocycles. The van der Waals surface area contributed by atoms with Crippen LogP contribution in [0.1, 0.15) is 31.9 Å². The van der Waals surface area contributed by atoms with Crippen LogP contribution in [0, 0.1) is 6.92 Å². The molecule has 0 unspecified atom stereocenters. The van der Waals surface area contributed by atoms with E-state index in [0.717, 1.165) is 39.7 Å². The van der Waals surface area contributed by atoms with Gasteiger partial charge in [0.25, 0.3) is 0 Å². The highest BCUT2D eigenvalue weighted by molar-refractivity contribution is 9.10. The maximum atomic E-state index is 11.2. The van der Waals surface area contributed by atoms with E-state index in [0.29, 0.717) is 19.6 Å². The minimum Gasteiger partial charge on any atom is -0.491 e. The number of carbonyl (C=O) groups excluding carboxylic acids is 1. The van der Waals surface area contributed by atoms with Gasteiger partial charge in [0.1, 0.15) is 17.6 Å². The second kappa shape index (κ2) is 8.08. The van der Waals surface area contributed by atoms with Crippen molar-refractivity contribution >= 4 is 32.8 Å². The molecule has 0 bridgehead atoms. The summed E-state index contributed by atoms with van der Waals surface area (Å²) >= 11 is 3.48. The Balaban J connectivity index is 1.95. The summed E-state index contributed by atoms with van der Waals surface area (Å²) in [6, 6.07) is 3.89. The molecule has 0 fully saturated rings. The van der Waals surface area contributed by atoms with E-state index in [1.807, 2.05) is 26.0 Å². The number of fused-ring (bicyclic) bond motifs is 1. The third kappa shape index (κ3) is 4.40. The molecule has 1 aromatic heterocycles. The first-order valence-electron chi connectivity index (χ1n) is 7.31. The molecule has 1 aromatic carbocycles. The zero-order valence-corrected chi connectivity index (χ0v) is 14.4. The quantitative estimate of drug-likeness (QED) is 0.550. The number of hydrogen-bond donors (Lipinski definition) is 0. The fourth-order valence-corrected chi connectivity index (χ4v) is 2.56. The summed E-state index contributed by atoms with van der Waals surface area (Å²) in [6.45, 7) is 4.72. The van der Waals surface area contributed by atoms with Crippen LogP contribution in [0.4, 0.5) is 0 Å². The fourth-order valence-electron chi connectivity index (χ4n) is 2.12. The summed E-state index contributed by atoms with van der Waals surface area (Å²) in [5.74, 6) is 0.574. The Morgan fingerprint density at radius 3 is 2.86 bits per heavy atom. The van der Waals surface area contributed by atoms with Crippen LogP contribution in [0.5, 0.6) is 5.75 Å². The average Bonchev–Trinajstić information content (AvgIpc) is 2.48. The van der Waals surface area contributed by atoms with Gasteiger partial charge in [-0.2, -0.15) is 0 Å². The number of benzene rings is 1. The highest BCUT2D eigenvalue weighted by Crippen LogP contribution is 2.29. The molecule has 0 N–H and O–H groups in total. The molecular weight excluding hydrogens is 348 g/mol. The molecule has 0 saturated carbocycles. The first kappa shape index (κ1) is 16.7. The van der Waals surface area contributed by atoms with Crippen molar-refractivity contribution < 1.29 is 14.3 Å². The Labute approximate surface area is 138 Å². The molecule has 6 heteroatoms. The highest BCUT2D eigenvalue weighted by Gasteiger charge is 2.09. The summed E-state index contributed by atoms with van der Waals surface area (Å²) in [5.41, 5.74) is 1.72. The lowest BCUT2D eigenvalue weighted by Gasteiger charge is -2.10. The predicted octanol–water partition coefficient (Wildman–Crippen LogP) is 3.81. The molecule has 5 nitrogen and oxygen atoms in total. The summed E-state index contributed by atoms with van der Waals surface area (Å²) in [7, 11) is 0. The second-order valence-corrected chi connectivity index (χ2v) is 5.79. The number of aromatic nitrogens is 2. The number of rotatable bonds is 7. The standard InChI is InChI=1S/C16H19BrN2O3/c1-3-21-15(20)6-4-5-7-22-14-9-12(17)8-13-11(2)18-10-19-16(13)14/h8-10H,3-7H2,1-2H3.